The van der Waals surface area contributed by atoms with Gasteiger partial charge in [0.25, 0.3) is 0 Å². The van der Waals surface area contributed by atoms with Crippen LogP contribution in [0.2, 0.25) is 0 Å². The number of nitrogens with zero attached hydrogens (tertiary/aromatic N) is 3. The zero-order valence-corrected chi connectivity index (χ0v) is 13.2. The minimum Gasteiger partial charge on any atom is -0.324 e. The lowest BCUT2D eigenvalue weighted by atomic mass is 10.2. The number of benzene rings is 1. The van der Waals surface area contributed by atoms with E-state index in [0.29, 0.717) is 5.65 Å². The molecule has 2 amide bonds. The highest BCUT2D eigenvalue weighted by Crippen LogP contribution is 2.19. The van der Waals surface area contributed by atoms with Gasteiger partial charge in [0.15, 0.2) is 5.65 Å². The number of fused-ring (bicyclic) bond motifs is 1. The van der Waals surface area contributed by atoms with Crippen molar-refractivity contribution in [1.29, 1.82) is 0 Å². The minimum absolute atomic E-state index is 0.0461. The quantitative estimate of drug-likeness (QED) is 0.744. The number of nitrogens with one attached hydrogen (secondary N) is 2. The summed E-state index contributed by atoms with van der Waals surface area (Å²) in [5, 5.41) is 8.92. The summed E-state index contributed by atoms with van der Waals surface area (Å²) in [5.41, 5.74) is 0.223. The lowest BCUT2D eigenvalue weighted by Gasteiger charge is -2.08. The molecule has 3 aromatic rings. The summed E-state index contributed by atoms with van der Waals surface area (Å²) in [5.74, 6) is -1.56. The molecular weight excluding hydrogens is 329 g/mol. The molecule has 0 aliphatic rings. The van der Waals surface area contributed by atoms with E-state index in [4.69, 9.17) is 0 Å². The van der Waals surface area contributed by atoms with Gasteiger partial charge in [0.05, 0.1) is 5.69 Å². The Balaban J connectivity index is 1.77. The molecule has 0 saturated carbocycles. The monoisotopic (exact) mass is 343 g/mol. The average Bonchev–Trinajstić information content (AvgIpc) is 2.86. The van der Waals surface area contributed by atoms with E-state index in [9.17, 15) is 18.8 Å². The van der Waals surface area contributed by atoms with E-state index >= 15 is 0 Å². The highest BCUT2D eigenvalue weighted by atomic mass is 19.1. The molecule has 0 saturated heterocycles. The Kier molecular flexibility index (Phi) is 4.29. The molecule has 0 atom stereocenters. The van der Waals surface area contributed by atoms with Gasteiger partial charge in [-0.15, -0.1) is 5.10 Å². The summed E-state index contributed by atoms with van der Waals surface area (Å²) in [6, 6.07) is 8.83. The van der Waals surface area contributed by atoms with Gasteiger partial charge in [-0.25, -0.2) is 13.9 Å². The molecule has 8 nitrogen and oxygen atoms in total. The maximum atomic E-state index is 13.6. The molecule has 0 fully saturated rings. The first-order valence-electron chi connectivity index (χ1n) is 7.35. The summed E-state index contributed by atoms with van der Waals surface area (Å²) >= 11 is 0. The van der Waals surface area contributed by atoms with Crippen LogP contribution in [-0.2, 0) is 16.1 Å². The largest absolute Gasteiger partial charge is 0.350 e. The van der Waals surface area contributed by atoms with Gasteiger partial charge in [-0.05, 0) is 30.3 Å². The van der Waals surface area contributed by atoms with Crippen LogP contribution in [-0.4, -0.2) is 26.0 Å². The Morgan fingerprint density at radius 2 is 2.00 bits per heavy atom. The summed E-state index contributed by atoms with van der Waals surface area (Å²) in [6.07, 6.45) is 1.55. The molecule has 9 heteroatoms. The number of hydrogen-bond donors (Lipinski definition) is 2. The van der Waals surface area contributed by atoms with Crippen LogP contribution in [0.1, 0.15) is 6.92 Å². The molecule has 0 aliphatic carbocycles. The number of rotatable bonds is 4. The van der Waals surface area contributed by atoms with Crippen molar-refractivity contribution in [3.63, 3.8) is 0 Å². The van der Waals surface area contributed by atoms with Crippen molar-refractivity contribution < 1.29 is 14.0 Å². The maximum absolute atomic E-state index is 13.6. The maximum Gasteiger partial charge on any atom is 0.350 e. The second kappa shape index (κ2) is 6.56. The van der Waals surface area contributed by atoms with E-state index in [2.05, 4.69) is 15.7 Å². The second-order valence-electron chi connectivity index (χ2n) is 5.29. The van der Waals surface area contributed by atoms with Crippen molar-refractivity contribution in [2.75, 3.05) is 10.6 Å². The average molecular weight is 343 g/mol. The number of anilines is 2. The first-order chi connectivity index (χ1) is 11.9. The van der Waals surface area contributed by atoms with Crippen LogP contribution in [0.5, 0.6) is 0 Å². The van der Waals surface area contributed by atoms with Crippen molar-refractivity contribution in [1.82, 2.24) is 14.2 Å². The van der Waals surface area contributed by atoms with Crippen LogP contribution in [0, 0.1) is 5.82 Å². The van der Waals surface area contributed by atoms with Crippen LogP contribution < -0.4 is 16.3 Å². The zero-order chi connectivity index (χ0) is 18.0. The summed E-state index contributed by atoms with van der Waals surface area (Å²) in [4.78, 5) is 35.3. The number of halogens is 1. The van der Waals surface area contributed by atoms with Gasteiger partial charge < -0.3 is 10.6 Å². The molecule has 2 N–H and O–H groups in total. The lowest BCUT2D eigenvalue weighted by Crippen LogP contribution is -2.28. The molecule has 0 spiro atoms. The molecule has 0 aliphatic heterocycles. The number of carbonyl (C=O) groups is 2. The van der Waals surface area contributed by atoms with E-state index < -0.39 is 23.3 Å². The van der Waals surface area contributed by atoms with E-state index in [1.54, 1.807) is 24.4 Å². The van der Waals surface area contributed by atoms with Crippen LogP contribution >= 0.6 is 0 Å². The fourth-order valence-corrected chi connectivity index (χ4v) is 2.30. The normalized spacial score (nSPS) is 10.6. The third-order valence-electron chi connectivity index (χ3n) is 3.34. The van der Waals surface area contributed by atoms with Crippen LogP contribution in [0.25, 0.3) is 5.65 Å². The summed E-state index contributed by atoms with van der Waals surface area (Å²) in [7, 11) is 0. The number of carbonyl (C=O) groups excluding carboxylic acids is 2. The highest BCUT2D eigenvalue weighted by Gasteiger charge is 2.12. The highest BCUT2D eigenvalue weighted by molar-refractivity contribution is 5.93. The minimum atomic E-state index is -0.621. The van der Waals surface area contributed by atoms with Gasteiger partial charge in [0, 0.05) is 18.8 Å². The molecule has 25 heavy (non-hydrogen) atoms. The Morgan fingerprint density at radius 1 is 1.20 bits per heavy atom. The summed E-state index contributed by atoms with van der Waals surface area (Å²) in [6.45, 7) is 0.952. The molecular formula is C16H14FN5O3. The van der Waals surface area contributed by atoms with Gasteiger partial charge in [-0.3, -0.25) is 14.0 Å². The first kappa shape index (κ1) is 16.4. The van der Waals surface area contributed by atoms with Crippen molar-refractivity contribution in [3.05, 3.63) is 58.9 Å². The standard InChI is InChI=1S/C16H14FN5O3/c1-10(23)18-13-8-11(5-6-12(13)17)19-15(24)9-22-16(25)21-7-3-2-4-14(21)20-22/h2-8H,9H2,1H3,(H,18,23)(H,19,24). The van der Waals surface area contributed by atoms with Crippen LogP contribution in [0.3, 0.4) is 0 Å². The van der Waals surface area contributed by atoms with Gasteiger partial charge in [-0.1, -0.05) is 6.07 Å². The molecule has 3 rings (SSSR count). The van der Waals surface area contributed by atoms with E-state index in [1.807, 2.05) is 0 Å². The van der Waals surface area contributed by atoms with Gasteiger partial charge >= 0.3 is 5.69 Å². The van der Waals surface area contributed by atoms with Crippen molar-refractivity contribution in [2.45, 2.75) is 13.5 Å². The van der Waals surface area contributed by atoms with Crippen molar-refractivity contribution in [3.8, 4) is 0 Å². The first-order valence-corrected chi connectivity index (χ1v) is 7.35. The Morgan fingerprint density at radius 3 is 2.72 bits per heavy atom. The van der Waals surface area contributed by atoms with Gasteiger partial charge in [0.2, 0.25) is 11.8 Å². The van der Waals surface area contributed by atoms with Gasteiger partial charge in [0.1, 0.15) is 12.4 Å². The topological polar surface area (TPSA) is 97.5 Å². The third kappa shape index (κ3) is 3.55. The number of amides is 2. The van der Waals surface area contributed by atoms with Crippen LogP contribution in [0.4, 0.5) is 15.8 Å². The SMILES string of the molecule is CC(=O)Nc1cc(NC(=O)Cn2nc3ccccn3c2=O)ccc1F. The molecule has 0 radical (unpaired) electrons. The molecule has 2 aromatic heterocycles. The summed E-state index contributed by atoms with van der Waals surface area (Å²) < 4.78 is 15.9. The van der Waals surface area contributed by atoms with Crippen molar-refractivity contribution >= 4 is 28.8 Å². The predicted octanol–water partition coefficient (Wildman–Crippen LogP) is 1.23. The lowest BCUT2D eigenvalue weighted by molar-refractivity contribution is -0.117. The van der Waals surface area contributed by atoms with E-state index in [-0.39, 0.29) is 17.9 Å². The van der Waals surface area contributed by atoms with E-state index in [0.717, 1.165) is 10.7 Å². The smallest absolute Gasteiger partial charge is 0.324 e. The fraction of sp³-hybridized carbons (Fsp3) is 0.125. The fourth-order valence-electron chi connectivity index (χ4n) is 2.30. The Hall–Kier alpha value is -3.49. The zero-order valence-electron chi connectivity index (χ0n) is 13.2. The molecule has 1 aromatic carbocycles. The van der Waals surface area contributed by atoms with E-state index in [1.165, 1.54) is 23.5 Å². The second-order valence-corrected chi connectivity index (χ2v) is 5.29. The predicted molar refractivity (Wildman–Crippen MR) is 88.8 cm³/mol. The number of hydrogen-bond acceptors (Lipinski definition) is 4. The third-order valence-corrected chi connectivity index (χ3v) is 3.34. The Labute approximate surface area is 140 Å². The Bertz CT molecular complexity index is 1020. The van der Waals surface area contributed by atoms with Crippen LogP contribution in [0.15, 0.2) is 47.4 Å². The number of aromatic nitrogens is 3. The molecule has 2 heterocycles. The number of pyridine rings is 1. The molecule has 0 unspecified atom stereocenters. The molecule has 0 bridgehead atoms. The van der Waals surface area contributed by atoms with Crippen molar-refractivity contribution in [2.24, 2.45) is 0 Å². The van der Waals surface area contributed by atoms with Gasteiger partial charge in [-0.2, -0.15) is 0 Å². The molecule has 128 valence electrons.